The van der Waals surface area contributed by atoms with Gasteiger partial charge in [-0.05, 0) is 55.8 Å². The summed E-state index contributed by atoms with van der Waals surface area (Å²) in [6, 6.07) is 15.9. The van der Waals surface area contributed by atoms with Crippen LogP contribution in [0.2, 0.25) is 0 Å². The molecule has 0 unspecified atom stereocenters. The minimum absolute atomic E-state index is 0.0126. The highest BCUT2D eigenvalue weighted by molar-refractivity contribution is 5.96. The smallest absolute Gasteiger partial charge is 0.257 e. The summed E-state index contributed by atoms with van der Waals surface area (Å²) >= 11 is 0. The number of hydrogen-bond donors (Lipinski definition) is 0. The fourth-order valence-electron chi connectivity index (χ4n) is 4.00. The molecule has 158 valence electrons. The normalized spacial score (nSPS) is 14.5. The monoisotopic (exact) mass is 417 g/mol. The number of aromatic nitrogens is 2. The Labute approximate surface area is 181 Å². The van der Waals surface area contributed by atoms with E-state index in [4.69, 9.17) is 5.26 Å². The van der Waals surface area contributed by atoms with Gasteiger partial charge in [-0.25, -0.2) is 9.07 Å². The average Bonchev–Trinajstić information content (AvgIpc) is 3.08. The second-order valence-corrected chi connectivity index (χ2v) is 7.81. The molecule has 6 nitrogen and oxygen atoms in total. The lowest BCUT2D eigenvalue weighted by Gasteiger charge is -2.34. The molecule has 2 heterocycles. The summed E-state index contributed by atoms with van der Waals surface area (Å²) in [4.78, 5) is 17.4. The Kier molecular flexibility index (Phi) is 5.83. The molecule has 1 saturated heterocycles. The standard InChI is InChI=1S/C24H24FN5O/c1-17-23(18(2)30(27-17)22-9-7-21(25)8-10-22)24(31)29-13-11-28(12-14-29)16-20-5-3-19(15-26)4-6-20/h3-10H,11-14,16H2,1-2H3. The van der Waals surface area contributed by atoms with E-state index in [9.17, 15) is 9.18 Å². The van der Waals surface area contributed by atoms with Crippen LogP contribution in [-0.4, -0.2) is 51.7 Å². The van der Waals surface area contributed by atoms with Gasteiger partial charge in [-0.3, -0.25) is 9.69 Å². The first-order chi connectivity index (χ1) is 15.0. The Hall–Kier alpha value is -3.50. The number of halogens is 1. The first-order valence-corrected chi connectivity index (χ1v) is 10.3. The van der Waals surface area contributed by atoms with Gasteiger partial charge in [0.15, 0.2) is 0 Å². The van der Waals surface area contributed by atoms with Crippen molar-refractivity contribution >= 4 is 5.91 Å². The van der Waals surface area contributed by atoms with Crippen molar-refractivity contribution < 1.29 is 9.18 Å². The highest BCUT2D eigenvalue weighted by Crippen LogP contribution is 2.21. The van der Waals surface area contributed by atoms with Crippen LogP contribution in [-0.2, 0) is 6.54 Å². The molecule has 0 aliphatic carbocycles. The Morgan fingerprint density at radius 2 is 1.68 bits per heavy atom. The molecule has 3 aromatic rings. The number of amides is 1. The van der Waals surface area contributed by atoms with E-state index in [0.29, 0.717) is 29.9 Å². The molecule has 0 spiro atoms. The van der Waals surface area contributed by atoms with Gasteiger partial charge in [0.25, 0.3) is 5.91 Å². The molecule has 1 aromatic heterocycles. The number of hydrogen-bond acceptors (Lipinski definition) is 4. The topological polar surface area (TPSA) is 65.2 Å². The molecule has 4 rings (SSSR count). The summed E-state index contributed by atoms with van der Waals surface area (Å²) in [5.41, 5.74) is 4.59. The number of aryl methyl sites for hydroxylation is 1. The highest BCUT2D eigenvalue weighted by Gasteiger charge is 2.27. The van der Waals surface area contributed by atoms with Crippen LogP contribution in [0.1, 0.15) is 32.9 Å². The van der Waals surface area contributed by atoms with Crippen LogP contribution in [0, 0.1) is 31.0 Å². The maximum atomic E-state index is 13.3. The second-order valence-electron chi connectivity index (χ2n) is 7.81. The number of piperazine rings is 1. The summed E-state index contributed by atoms with van der Waals surface area (Å²) in [6.07, 6.45) is 0. The minimum Gasteiger partial charge on any atom is -0.336 e. The Balaban J connectivity index is 1.43. The summed E-state index contributed by atoms with van der Waals surface area (Å²) in [7, 11) is 0. The van der Waals surface area contributed by atoms with Crippen LogP contribution >= 0.6 is 0 Å². The summed E-state index contributed by atoms with van der Waals surface area (Å²) in [5, 5.41) is 13.4. The quantitative estimate of drug-likeness (QED) is 0.652. The number of carbonyl (C=O) groups is 1. The van der Waals surface area contributed by atoms with Crippen molar-refractivity contribution in [2.75, 3.05) is 26.2 Å². The molecular weight excluding hydrogens is 393 g/mol. The molecule has 0 bridgehead atoms. The molecule has 1 aliphatic heterocycles. The predicted octanol–water partition coefficient (Wildman–Crippen LogP) is 3.46. The average molecular weight is 417 g/mol. The van der Waals surface area contributed by atoms with E-state index in [-0.39, 0.29) is 11.7 Å². The van der Waals surface area contributed by atoms with Crippen LogP contribution in [0.4, 0.5) is 4.39 Å². The molecule has 1 amide bonds. The van der Waals surface area contributed by atoms with Gasteiger partial charge in [-0.2, -0.15) is 10.4 Å². The van der Waals surface area contributed by atoms with Gasteiger partial charge in [0.1, 0.15) is 5.82 Å². The molecule has 2 aromatic carbocycles. The van der Waals surface area contributed by atoms with Gasteiger partial charge < -0.3 is 4.90 Å². The lowest BCUT2D eigenvalue weighted by Crippen LogP contribution is -2.48. The predicted molar refractivity (Wildman–Crippen MR) is 115 cm³/mol. The Morgan fingerprint density at radius 1 is 1.03 bits per heavy atom. The lowest BCUT2D eigenvalue weighted by molar-refractivity contribution is 0.0627. The van der Waals surface area contributed by atoms with Crippen molar-refractivity contribution in [2.45, 2.75) is 20.4 Å². The van der Waals surface area contributed by atoms with Gasteiger partial charge in [0.2, 0.25) is 0 Å². The van der Waals surface area contributed by atoms with Crippen LogP contribution in [0.25, 0.3) is 5.69 Å². The highest BCUT2D eigenvalue weighted by atomic mass is 19.1. The summed E-state index contributed by atoms with van der Waals surface area (Å²) in [6.45, 7) is 7.38. The molecular formula is C24H24FN5O. The van der Waals surface area contributed by atoms with Crippen LogP contribution < -0.4 is 0 Å². The zero-order valence-corrected chi connectivity index (χ0v) is 17.7. The van der Waals surface area contributed by atoms with Gasteiger partial charge in [-0.1, -0.05) is 12.1 Å². The van der Waals surface area contributed by atoms with Gasteiger partial charge >= 0.3 is 0 Å². The molecule has 7 heteroatoms. The fraction of sp³-hybridized carbons (Fsp3) is 0.292. The van der Waals surface area contributed by atoms with E-state index in [1.807, 2.05) is 43.0 Å². The van der Waals surface area contributed by atoms with Crippen molar-refractivity contribution in [3.63, 3.8) is 0 Å². The van der Waals surface area contributed by atoms with Gasteiger partial charge in [0, 0.05) is 32.7 Å². The SMILES string of the molecule is Cc1nn(-c2ccc(F)cc2)c(C)c1C(=O)N1CCN(Cc2ccc(C#N)cc2)CC1. The molecule has 31 heavy (non-hydrogen) atoms. The van der Waals surface area contributed by atoms with Crippen LogP contribution in [0.3, 0.4) is 0 Å². The van der Waals surface area contributed by atoms with Crippen molar-refractivity contribution in [2.24, 2.45) is 0 Å². The van der Waals surface area contributed by atoms with E-state index in [0.717, 1.165) is 36.6 Å². The third-order valence-corrected chi connectivity index (χ3v) is 5.73. The van der Waals surface area contributed by atoms with Crippen molar-refractivity contribution in [3.05, 3.63) is 82.4 Å². The van der Waals surface area contributed by atoms with E-state index >= 15 is 0 Å². The molecule has 1 aliphatic rings. The van der Waals surface area contributed by atoms with Crippen LogP contribution in [0.15, 0.2) is 48.5 Å². The van der Waals surface area contributed by atoms with E-state index < -0.39 is 0 Å². The fourth-order valence-corrected chi connectivity index (χ4v) is 4.00. The molecule has 0 radical (unpaired) electrons. The number of nitriles is 1. The maximum Gasteiger partial charge on any atom is 0.257 e. The Morgan fingerprint density at radius 3 is 2.29 bits per heavy atom. The first-order valence-electron chi connectivity index (χ1n) is 10.3. The summed E-state index contributed by atoms with van der Waals surface area (Å²) < 4.78 is 15.0. The minimum atomic E-state index is -0.305. The van der Waals surface area contributed by atoms with Crippen LogP contribution in [0.5, 0.6) is 0 Å². The first kappa shape index (κ1) is 20.8. The third-order valence-electron chi connectivity index (χ3n) is 5.73. The van der Waals surface area contributed by atoms with E-state index in [2.05, 4.69) is 16.1 Å². The van der Waals surface area contributed by atoms with Crippen molar-refractivity contribution in [3.8, 4) is 11.8 Å². The zero-order valence-electron chi connectivity index (χ0n) is 17.7. The van der Waals surface area contributed by atoms with E-state index in [1.165, 1.54) is 12.1 Å². The molecule has 1 fully saturated rings. The number of benzene rings is 2. The third kappa shape index (κ3) is 4.35. The maximum absolute atomic E-state index is 13.3. The number of rotatable bonds is 4. The van der Waals surface area contributed by atoms with Crippen molar-refractivity contribution in [1.82, 2.24) is 19.6 Å². The lowest BCUT2D eigenvalue weighted by atomic mass is 10.1. The molecule has 0 atom stereocenters. The van der Waals surface area contributed by atoms with Gasteiger partial charge in [0.05, 0.1) is 34.3 Å². The summed E-state index contributed by atoms with van der Waals surface area (Å²) in [5.74, 6) is -0.318. The second kappa shape index (κ2) is 8.70. The molecule has 0 N–H and O–H groups in total. The number of carbonyl (C=O) groups excluding carboxylic acids is 1. The molecule has 0 saturated carbocycles. The number of nitrogens with zero attached hydrogens (tertiary/aromatic N) is 5. The largest absolute Gasteiger partial charge is 0.336 e. The van der Waals surface area contributed by atoms with Gasteiger partial charge in [-0.15, -0.1) is 0 Å². The Bertz CT molecular complexity index is 1120. The van der Waals surface area contributed by atoms with E-state index in [1.54, 1.807) is 16.8 Å². The zero-order chi connectivity index (χ0) is 22.0. The van der Waals surface area contributed by atoms with Crippen molar-refractivity contribution in [1.29, 1.82) is 5.26 Å².